The second kappa shape index (κ2) is 6.62. The van der Waals surface area contributed by atoms with Gasteiger partial charge in [0.25, 0.3) is 0 Å². The SMILES string of the molecule is COc1cccc(-n2nc(CCN)cc2-c2ccccc2F)c1. The summed E-state index contributed by atoms with van der Waals surface area (Å²) >= 11 is 0. The van der Waals surface area contributed by atoms with E-state index in [1.807, 2.05) is 36.4 Å². The van der Waals surface area contributed by atoms with E-state index in [4.69, 9.17) is 10.5 Å². The Morgan fingerprint density at radius 1 is 1.13 bits per heavy atom. The molecular weight excluding hydrogens is 293 g/mol. The maximum Gasteiger partial charge on any atom is 0.132 e. The van der Waals surface area contributed by atoms with Crippen molar-refractivity contribution in [2.75, 3.05) is 13.7 Å². The van der Waals surface area contributed by atoms with Gasteiger partial charge in [-0.1, -0.05) is 18.2 Å². The number of hydrogen-bond donors (Lipinski definition) is 1. The lowest BCUT2D eigenvalue weighted by Crippen LogP contribution is -2.04. The Morgan fingerprint density at radius 2 is 1.96 bits per heavy atom. The third-order valence-electron chi connectivity index (χ3n) is 3.61. The summed E-state index contributed by atoms with van der Waals surface area (Å²) in [6.45, 7) is 0.492. The van der Waals surface area contributed by atoms with Crippen LogP contribution in [0, 0.1) is 5.82 Å². The number of nitrogens with two attached hydrogens (primary N) is 1. The number of aromatic nitrogens is 2. The van der Waals surface area contributed by atoms with Gasteiger partial charge < -0.3 is 10.5 Å². The minimum Gasteiger partial charge on any atom is -0.497 e. The number of hydrogen-bond acceptors (Lipinski definition) is 3. The molecule has 1 aromatic heterocycles. The van der Waals surface area contributed by atoms with Crippen molar-refractivity contribution in [2.24, 2.45) is 5.73 Å². The molecule has 0 bridgehead atoms. The van der Waals surface area contributed by atoms with Gasteiger partial charge in [-0.3, -0.25) is 0 Å². The van der Waals surface area contributed by atoms with Crippen LogP contribution in [-0.4, -0.2) is 23.4 Å². The molecule has 0 saturated carbocycles. The van der Waals surface area contributed by atoms with Gasteiger partial charge in [0.1, 0.15) is 11.6 Å². The molecule has 0 amide bonds. The molecular formula is C18H18FN3O. The van der Waals surface area contributed by atoms with Gasteiger partial charge in [0.05, 0.1) is 24.2 Å². The van der Waals surface area contributed by atoms with Crippen LogP contribution in [0.3, 0.4) is 0 Å². The maximum atomic E-state index is 14.2. The molecule has 0 aliphatic rings. The highest BCUT2D eigenvalue weighted by molar-refractivity contribution is 5.63. The van der Waals surface area contributed by atoms with Gasteiger partial charge in [0, 0.05) is 18.1 Å². The zero-order valence-corrected chi connectivity index (χ0v) is 12.9. The molecule has 2 N–H and O–H groups in total. The molecule has 4 nitrogen and oxygen atoms in total. The number of benzene rings is 2. The molecule has 0 unspecified atom stereocenters. The van der Waals surface area contributed by atoms with Crippen LogP contribution in [0.15, 0.2) is 54.6 Å². The molecule has 0 atom stereocenters. The second-order valence-corrected chi connectivity index (χ2v) is 5.15. The Bertz CT molecular complexity index is 814. The number of rotatable bonds is 5. The highest BCUT2D eigenvalue weighted by Gasteiger charge is 2.14. The average Bonchev–Trinajstić information content (AvgIpc) is 2.99. The number of nitrogens with zero attached hydrogens (tertiary/aromatic N) is 2. The minimum absolute atomic E-state index is 0.282. The van der Waals surface area contributed by atoms with Crippen molar-refractivity contribution in [1.82, 2.24) is 9.78 Å². The predicted molar refractivity (Wildman–Crippen MR) is 88.3 cm³/mol. The Kier molecular flexibility index (Phi) is 4.39. The molecule has 0 radical (unpaired) electrons. The Labute approximate surface area is 134 Å². The molecule has 5 heteroatoms. The van der Waals surface area contributed by atoms with Gasteiger partial charge in [-0.25, -0.2) is 9.07 Å². The molecule has 0 aliphatic heterocycles. The topological polar surface area (TPSA) is 53.1 Å². The molecule has 3 aromatic rings. The van der Waals surface area contributed by atoms with Gasteiger partial charge in [0.15, 0.2) is 0 Å². The molecule has 2 aromatic carbocycles. The third-order valence-corrected chi connectivity index (χ3v) is 3.61. The smallest absolute Gasteiger partial charge is 0.132 e. The van der Waals surface area contributed by atoms with Gasteiger partial charge >= 0.3 is 0 Å². The first-order valence-electron chi connectivity index (χ1n) is 7.41. The summed E-state index contributed by atoms with van der Waals surface area (Å²) in [7, 11) is 1.61. The summed E-state index contributed by atoms with van der Waals surface area (Å²) in [5.74, 6) is 0.439. The summed E-state index contributed by atoms with van der Waals surface area (Å²) in [5.41, 5.74) is 8.47. The first-order chi connectivity index (χ1) is 11.2. The lowest BCUT2D eigenvalue weighted by atomic mass is 10.1. The first-order valence-corrected chi connectivity index (χ1v) is 7.41. The zero-order valence-electron chi connectivity index (χ0n) is 12.9. The molecule has 0 spiro atoms. The van der Waals surface area contributed by atoms with E-state index in [2.05, 4.69) is 5.10 Å². The van der Waals surface area contributed by atoms with Gasteiger partial charge in [-0.05, 0) is 36.9 Å². The zero-order chi connectivity index (χ0) is 16.2. The van der Waals surface area contributed by atoms with Crippen molar-refractivity contribution in [3.8, 4) is 22.7 Å². The molecule has 1 heterocycles. The number of ether oxygens (including phenoxy) is 1. The molecule has 0 saturated heterocycles. The van der Waals surface area contributed by atoms with Crippen molar-refractivity contribution in [1.29, 1.82) is 0 Å². The van der Waals surface area contributed by atoms with E-state index >= 15 is 0 Å². The Hall–Kier alpha value is -2.66. The van der Waals surface area contributed by atoms with Gasteiger partial charge in [-0.2, -0.15) is 5.10 Å². The van der Waals surface area contributed by atoms with Crippen molar-refractivity contribution >= 4 is 0 Å². The highest BCUT2D eigenvalue weighted by atomic mass is 19.1. The minimum atomic E-state index is -0.282. The Balaban J connectivity index is 2.17. The standard InChI is InChI=1S/C18H18FN3O/c1-23-15-6-4-5-14(12-15)22-18(11-13(21-22)9-10-20)16-7-2-3-8-17(16)19/h2-8,11-12H,9-10,20H2,1H3. The number of halogens is 1. The maximum absolute atomic E-state index is 14.2. The summed E-state index contributed by atoms with van der Waals surface area (Å²) in [6, 6.07) is 16.1. The lowest BCUT2D eigenvalue weighted by Gasteiger charge is -2.09. The monoisotopic (exact) mass is 311 g/mol. The molecule has 118 valence electrons. The van der Waals surface area contributed by atoms with Crippen LogP contribution in [0.4, 0.5) is 4.39 Å². The van der Waals surface area contributed by atoms with Crippen LogP contribution in [-0.2, 0) is 6.42 Å². The fraction of sp³-hybridized carbons (Fsp3) is 0.167. The fourth-order valence-corrected chi connectivity index (χ4v) is 2.50. The normalized spacial score (nSPS) is 10.7. The van der Waals surface area contributed by atoms with Crippen molar-refractivity contribution in [2.45, 2.75) is 6.42 Å². The summed E-state index contributed by atoms with van der Waals surface area (Å²) < 4.78 is 21.2. The first kappa shape index (κ1) is 15.2. The van der Waals surface area contributed by atoms with Crippen LogP contribution in [0.5, 0.6) is 5.75 Å². The van der Waals surface area contributed by atoms with E-state index in [0.29, 0.717) is 24.2 Å². The summed E-state index contributed by atoms with van der Waals surface area (Å²) in [6.07, 6.45) is 0.637. The van der Waals surface area contributed by atoms with Crippen molar-refractivity contribution < 1.29 is 9.13 Å². The third kappa shape index (κ3) is 3.10. The van der Waals surface area contributed by atoms with E-state index in [1.54, 1.807) is 23.9 Å². The van der Waals surface area contributed by atoms with E-state index in [9.17, 15) is 4.39 Å². The highest BCUT2D eigenvalue weighted by Crippen LogP contribution is 2.27. The van der Waals surface area contributed by atoms with Gasteiger partial charge in [0.2, 0.25) is 0 Å². The molecule has 23 heavy (non-hydrogen) atoms. The van der Waals surface area contributed by atoms with Crippen molar-refractivity contribution in [3.05, 3.63) is 66.1 Å². The van der Waals surface area contributed by atoms with E-state index in [-0.39, 0.29) is 5.82 Å². The van der Waals surface area contributed by atoms with E-state index in [0.717, 1.165) is 17.1 Å². The van der Waals surface area contributed by atoms with Crippen LogP contribution >= 0.6 is 0 Å². The van der Waals surface area contributed by atoms with E-state index < -0.39 is 0 Å². The summed E-state index contributed by atoms with van der Waals surface area (Å²) in [5, 5.41) is 4.58. The predicted octanol–water partition coefficient (Wildman–Crippen LogP) is 3.19. The van der Waals surface area contributed by atoms with Gasteiger partial charge in [-0.15, -0.1) is 0 Å². The average molecular weight is 311 g/mol. The molecule has 0 aliphatic carbocycles. The van der Waals surface area contributed by atoms with Crippen LogP contribution < -0.4 is 10.5 Å². The number of methoxy groups -OCH3 is 1. The molecule has 0 fully saturated rings. The molecule has 3 rings (SSSR count). The Morgan fingerprint density at radius 3 is 2.70 bits per heavy atom. The van der Waals surface area contributed by atoms with Crippen LogP contribution in [0.25, 0.3) is 16.9 Å². The van der Waals surface area contributed by atoms with Crippen LogP contribution in [0.2, 0.25) is 0 Å². The largest absolute Gasteiger partial charge is 0.497 e. The quantitative estimate of drug-likeness (QED) is 0.787. The van der Waals surface area contributed by atoms with E-state index in [1.165, 1.54) is 6.07 Å². The van der Waals surface area contributed by atoms with Crippen LogP contribution in [0.1, 0.15) is 5.69 Å². The second-order valence-electron chi connectivity index (χ2n) is 5.15. The lowest BCUT2D eigenvalue weighted by molar-refractivity contribution is 0.414. The van der Waals surface area contributed by atoms with Crippen molar-refractivity contribution in [3.63, 3.8) is 0 Å². The summed E-state index contributed by atoms with van der Waals surface area (Å²) in [4.78, 5) is 0. The fourth-order valence-electron chi connectivity index (χ4n) is 2.50.